The zero-order valence-corrected chi connectivity index (χ0v) is 9.45. The minimum absolute atomic E-state index is 0.179. The molecule has 4 heteroatoms. The molecule has 0 aliphatic carbocycles. The number of nitrogens with one attached hydrogen (secondary N) is 1. The Bertz CT molecular complexity index is 259. The summed E-state index contributed by atoms with van der Waals surface area (Å²) in [4.78, 5) is 0. The van der Waals surface area contributed by atoms with Crippen LogP contribution in [0.15, 0.2) is 23.5 Å². The highest BCUT2D eigenvalue weighted by atomic mass is 19.2. The van der Waals surface area contributed by atoms with Gasteiger partial charge in [-0.3, -0.25) is 5.41 Å². The van der Waals surface area contributed by atoms with Gasteiger partial charge in [0.15, 0.2) is 5.83 Å². The molecule has 0 amide bonds. The predicted octanol–water partition coefficient (Wildman–Crippen LogP) is 3.27. The van der Waals surface area contributed by atoms with Gasteiger partial charge in [-0.15, -0.1) is 0 Å². The van der Waals surface area contributed by atoms with Gasteiger partial charge >= 0.3 is 0 Å². The molecule has 0 radical (unpaired) electrons. The minimum Gasteiger partial charge on any atom is -0.272 e. The molecule has 0 aromatic carbocycles. The van der Waals surface area contributed by atoms with E-state index in [4.69, 9.17) is 5.41 Å². The van der Waals surface area contributed by atoms with Crippen molar-refractivity contribution >= 4 is 13.8 Å². The van der Waals surface area contributed by atoms with E-state index in [0.29, 0.717) is 0 Å². The molecule has 84 valence electrons. The van der Waals surface area contributed by atoms with Gasteiger partial charge in [-0.2, -0.15) is 4.39 Å². The largest absolute Gasteiger partial charge is 0.272 e. The summed E-state index contributed by atoms with van der Waals surface area (Å²) in [6.07, 6.45) is 8.90. The molecule has 0 spiro atoms. The fraction of sp³-hybridized carbons (Fsp3) is 0.545. The zero-order valence-electron chi connectivity index (χ0n) is 9.45. The molecule has 15 heavy (non-hydrogen) atoms. The molecular formula is C11H18BF2N. The van der Waals surface area contributed by atoms with Gasteiger partial charge in [-0.1, -0.05) is 38.3 Å². The average Bonchev–Trinajstić information content (AvgIpc) is 2.21. The van der Waals surface area contributed by atoms with Crippen molar-refractivity contribution in [2.45, 2.75) is 39.0 Å². The Labute approximate surface area is 91.2 Å². The number of hydrogen-bond donors (Lipinski definition) is 1. The van der Waals surface area contributed by atoms with Crippen molar-refractivity contribution in [1.29, 1.82) is 5.41 Å². The Kier molecular flexibility index (Phi) is 7.87. The van der Waals surface area contributed by atoms with E-state index in [1.807, 2.05) is 6.08 Å². The number of allylic oxidation sites excluding steroid dienone is 4. The smallest absolute Gasteiger partial charge is 0.241 e. The van der Waals surface area contributed by atoms with Crippen LogP contribution in [0.1, 0.15) is 39.0 Å². The van der Waals surface area contributed by atoms with Crippen LogP contribution in [0.25, 0.3) is 0 Å². The molecule has 0 aromatic heterocycles. The van der Waals surface area contributed by atoms with Gasteiger partial charge in [0.25, 0.3) is 0 Å². The molecule has 0 bridgehead atoms. The van der Waals surface area contributed by atoms with Crippen LogP contribution in [-0.4, -0.2) is 13.8 Å². The lowest BCUT2D eigenvalue weighted by Gasteiger charge is -1.96. The standard InChI is InChI=1S/C11H18BF2N/c1-2-3-4-5-6-7-8-9(12)10(13)11(14)15/h7-8,15H,2-6,12H2,1H3/b8-7-,10-9-,15-11?. The molecule has 0 atom stereocenters. The van der Waals surface area contributed by atoms with E-state index in [1.54, 1.807) is 0 Å². The summed E-state index contributed by atoms with van der Waals surface area (Å²) in [6, 6.07) is 0. The quantitative estimate of drug-likeness (QED) is 0.290. The Balaban J connectivity index is 3.86. The maximum atomic E-state index is 12.8. The summed E-state index contributed by atoms with van der Waals surface area (Å²) in [7, 11) is 1.46. The summed E-state index contributed by atoms with van der Waals surface area (Å²) < 4.78 is 24.9. The molecule has 1 N–H and O–H groups in total. The van der Waals surface area contributed by atoms with Gasteiger partial charge in [-0.05, 0) is 18.3 Å². The first-order valence-corrected chi connectivity index (χ1v) is 5.37. The van der Waals surface area contributed by atoms with Crippen molar-refractivity contribution < 1.29 is 8.78 Å². The lowest BCUT2D eigenvalue weighted by atomic mass is 9.93. The van der Waals surface area contributed by atoms with E-state index in [2.05, 4.69) is 6.92 Å². The Morgan fingerprint density at radius 1 is 1.27 bits per heavy atom. The summed E-state index contributed by atoms with van der Waals surface area (Å²) >= 11 is 0. The van der Waals surface area contributed by atoms with Crippen molar-refractivity contribution in [2.75, 3.05) is 0 Å². The van der Waals surface area contributed by atoms with Crippen LogP contribution in [0, 0.1) is 5.41 Å². The van der Waals surface area contributed by atoms with Crippen LogP contribution in [0.4, 0.5) is 8.78 Å². The van der Waals surface area contributed by atoms with Crippen LogP contribution in [0.5, 0.6) is 0 Å². The number of halogens is 2. The first kappa shape index (κ1) is 14.1. The summed E-state index contributed by atoms with van der Waals surface area (Å²) in [6.45, 7) is 2.14. The lowest BCUT2D eigenvalue weighted by molar-refractivity contribution is 0.634. The van der Waals surface area contributed by atoms with Crippen molar-refractivity contribution in [3.8, 4) is 0 Å². The van der Waals surface area contributed by atoms with Crippen molar-refractivity contribution in [2.24, 2.45) is 0 Å². The van der Waals surface area contributed by atoms with Crippen molar-refractivity contribution in [3.63, 3.8) is 0 Å². The summed E-state index contributed by atoms with van der Waals surface area (Å²) in [5.41, 5.74) is 0.179. The predicted molar refractivity (Wildman–Crippen MR) is 63.4 cm³/mol. The number of unbranched alkanes of at least 4 members (excludes halogenated alkanes) is 4. The van der Waals surface area contributed by atoms with Gasteiger partial charge < -0.3 is 0 Å². The molecular weight excluding hydrogens is 195 g/mol. The molecule has 1 nitrogen and oxygen atoms in total. The first-order valence-electron chi connectivity index (χ1n) is 5.37. The zero-order chi connectivity index (χ0) is 11.7. The molecule has 0 aromatic rings. The second kappa shape index (κ2) is 8.39. The Morgan fingerprint density at radius 3 is 2.47 bits per heavy atom. The first-order chi connectivity index (χ1) is 7.09. The Hall–Kier alpha value is -0.925. The monoisotopic (exact) mass is 213 g/mol. The van der Waals surface area contributed by atoms with Crippen LogP contribution in [0.2, 0.25) is 0 Å². The van der Waals surface area contributed by atoms with Gasteiger partial charge in [0.1, 0.15) is 7.85 Å². The van der Waals surface area contributed by atoms with E-state index in [-0.39, 0.29) is 5.47 Å². The van der Waals surface area contributed by atoms with E-state index in [9.17, 15) is 8.78 Å². The van der Waals surface area contributed by atoms with Crippen LogP contribution >= 0.6 is 0 Å². The molecule has 0 fully saturated rings. The van der Waals surface area contributed by atoms with Gasteiger partial charge in [0, 0.05) is 0 Å². The fourth-order valence-electron chi connectivity index (χ4n) is 1.20. The second-order valence-corrected chi connectivity index (χ2v) is 3.56. The highest BCUT2D eigenvalue weighted by Crippen LogP contribution is 2.08. The molecule has 0 saturated carbocycles. The number of rotatable bonds is 7. The van der Waals surface area contributed by atoms with Crippen LogP contribution in [0.3, 0.4) is 0 Å². The average molecular weight is 213 g/mol. The molecule has 0 heterocycles. The third kappa shape index (κ3) is 7.06. The highest BCUT2D eigenvalue weighted by Gasteiger charge is 2.03. The summed E-state index contributed by atoms with van der Waals surface area (Å²) in [5.74, 6) is -2.57. The van der Waals surface area contributed by atoms with Crippen LogP contribution in [-0.2, 0) is 0 Å². The van der Waals surface area contributed by atoms with Gasteiger partial charge in [0.2, 0.25) is 5.97 Å². The Morgan fingerprint density at radius 2 is 1.93 bits per heavy atom. The van der Waals surface area contributed by atoms with E-state index in [0.717, 1.165) is 12.8 Å². The van der Waals surface area contributed by atoms with Gasteiger partial charge in [0.05, 0.1) is 0 Å². The molecule has 0 saturated heterocycles. The van der Waals surface area contributed by atoms with Gasteiger partial charge in [-0.25, -0.2) is 4.39 Å². The normalized spacial score (nSPS) is 13.0. The maximum absolute atomic E-state index is 12.8. The minimum atomic E-state index is -1.50. The fourth-order valence-corrected chi connectivity index (χ4v) is 1.20. The topological polar surface area (TPSA) is 23.9 Å². The molecule has 0 aliphatic heterocycles. The second-order valence-electron chi connectivity index (χ2n) is 3.56. The SMILES string of the molecule is BC(/C=C\CCCCCC)=C(\F)C(=N)F. The lowest BCUT2D eigenvalue weighted by Crippen LogP contribution is -1.92. The van der Waals surface area contributed by atoms with E-state index >= 15 is 0 Å². The molecule has 0 aliphatic rings. The number of hydrogen-bond acceptors (Lipinski definition) is 1. The third-order valence-corrected chi connectivity index (χ3v) is 2.13. The summed E-state index contributed by atoms with van der Waals surface area (Å²) in [5, 5.41) is 6.47. The molecule has 0 rings (SSSR count). The maximum Gasteiger partial charge on any atom is 0.241 e. The third-order valence-electron chi connectivity index (χ3n) is 2.13. The van der Waals surface area contributed by atoms with E-state index in [1.165, 1.54) is 33.2 Å². The van der Waals surface area contributed by atoms with E-state index < -0.39 is 11.8 Å². The van der Waals surface area contributed by atoms with Crippen molar-refractivity contribution in [1.82, 2.24) is 0 Å². The molecule has 0 unspecified atom stereocenters. The highest BCUT2D eigenvalue weighted by molar-refractivity contribution is 6.25. The van der Waals surface area contributed by atoms with Crippen LogP contribution < -0.4 is 0 Å². The van der Waals surface area contributed by atoms with Crippen molar-refractivity contribution in [3.05, 3.63) is 23.5 Å².